The van der Waals surface area contributed by atoms with Crippen molar-refractivity contribution in [1.82, 2.24) is 0 Å². The minimum atomic E-state index is -0.393. The number of hydrogen-bond acceptors (Lipinski definition) is 4. The summed E-state index contributed by atoms with van der Waals surface area (Å²) in [5.74, 6) is 0. The van der Waals surface area contributed by atoms with Gasteiger partial charge >= 0.3 is 0 Å². The lowest BCUT2D eigenvalue weighted by Gasteiger charge is -2.50. The SMILES string of the molecule is COC12CCCCC1(C)N(c1ccccc1)c1ccc(-c3ccc4ccc5c(-c6ccc7c(c6)C6(OC)CCCCC6(C)N7c6ccccc6)ccc6ccc3c4c65)cc12. The minimum absolute atomic E-state index is 0.183. The molecule has 4 heteroatoms. The highest BCUT2D eigenvalue weighted by atomic mass is 16.5. The third-order valence-electron chi connectivity index (χ3n) is 16.0. The number of fused-ring (bicyclic) bond motifs is 6. The summed E-state index contributed by atoms with van der Waals surface area (Å²) < 4.78 is 13.5. The third-order valence-corrected chi connectivity index (χ3v) is 16.0. The van der Waals surface area contributed by atoms with Gasteiger partial charge in [-0.3, -0.25) is 0 Å². The van der Waals surface area contributed by atoms with E-state index < -0.39 is 11.2 Å². The van der Waals surface area contributed by atoms with E-state index >= 15 is 0 Å². The molecule has 298 valence electrons. The highest BCUT2D eigenvalue weighted by molar-refractivity contribution is 6.27. The van der Waals surface area contributed by atoms with E-state index in [0.29, 0.717) is 0 Å². The Balaban J connectivity index is 1.02. The molecule has 0 spiro atoms. The molecule has 4 aliphatic rings. The monoisotopic (exact) mass is 784 g/mol. The minimum Gasteiger partial charge on any atom is -0.371 e. The summed E-state index contributed by atoms with van der Waals surface area (Å²) in [4.78, 5) is 5.17. The van der Waals surface area contributed by atoms with Gasteiger partial charge < -0.3 is 19.3 Å². The van der Waals surface area contributed by atoms with Crippen molar-refractivity contribution in [3.63, 3.8) is 0 Å². The van der Waals surface area contributed by atoms with Crippen molar-refractivity contribution in [2.24, 2.45) is 0 Å². The smallest absolute Gasteiger partial charge is 0.118 e. The highest BCUT2D eigenvalue weighted by Crippen LogP contribution is 2.63. The summed E-state index contributed by atoms with van der Waals surface area (Å²) in [6.07, 6.45) is 8.93. The van der Waals surface area contributed by atoms with E-state index in [9.17, 15) is 0 Å². The Bertz CT molecular complexity index is 2780. The van der Waals surface area contributed by atoms with Gasteiger partial charge in [0, 0.05) is 48.1 Å². The normalized spacial score (nSPS) is 25.8. The van der Waals surface area contributed by atoms with Gasteiger partial charge in [-0.05, 0) is 143 Å². The van der Waals surface area contributed by atoms with Crippen LogP contribution in [0.3, 0.4) is 0 Å². The molecule has 12 rings (SSSR count). The van der Waals surface area contributed by atoms with E-state index in [2.05, 4.69) is 169 Å². The fourth-order valence-electron chi connectivity index (χ4n) is 13.2. The van der Waals surface area contributed by atoms with Crippen molar-refractivity contribution >= 4 is 55.1 Å². The Morgan fingerprint density at radius 1 is 0.433 bits per heavy atom. The number of nitrogens with zero attached hydrogens (tertiary/aromatic N) is 2. The Kier molecular flexibility index (Phi) is 7.79. The second kappa shape index (κ2) is 12.9. The highest BCUT2D eigenvalue weighted by Gasteiger charge is 2.62. The lowest BCUT2D eigenvalue weighted by atomic mass is 9.68. The maximum atomic E-state index is 6.76. The van der Waals surface area contributed by atoms with E-state index in [1.54, 1.807) is 0 Å². The number of anilines is 4. The largest absolute Gasteiger partial charge is 0.371 e. The van der Waals surface area contributed by atoms with Gasteiger partial charge in [-0.1, -0.05) is 123 Å². The van der Waals surface area contributed by atoms with Crippen LogP contribution < -0.4 is 9.80 Å². The van der Waals surface area contributed by atoms with Gasteiger partial charge in [-0.2, -0.15) is 0 Å². The Labute approximate surface area is 353 Å². The average molecular weight is 785 g/mol. The summed E-state index contributed by atoms with van der Waals surface area (Å²) in [6.45, 7) is 4.86. The van der Waals surface area contributed by atoms with Crippen LogP contribution in [0.15, 0.2) is 146 Å². The van der Waals surface area contributed by atoms with Gasteiger partial charge in [0.05, 0.1) is 11.1 Å². The van der Waals surface area contributed by atoms with Crippen molar-refractivity contribution in [2.45, 2.75) is 87.5 Å². The quantitative estimate of drug-likeness (QED) is 0.157. The molecule has 4 atom stereocenters. The van der Waals surface area contributed by atoms with Crippen molar-refractivity contribution < 1.29 is 9.47 Å². The Morgan fingerprint density at radius 2 is 0.833 bits per heavy atom. The summed E-state index contributed by atoms with van der Waals surface area (Å²) in [5, 5.41) is 7.81. The van der Waals surface area contributed by atoms with Gasteiger partial charge in [-0.15, -0.1) is 0 Å². The molecular weight excluding hydrogens is 733 g/mol. The Morgan fingerprint density at radius 3 is 1.25 bits per heavy atom. The van der Waals surface area contributed by atoms with E-state index in [0.717, 1.165) is 38.5 Å². The molecule has 0 saturated heterocycles. The van der Waals surface area contributed by atoms with Crippen LogP contribution in [0.2, 0.25) is 0 Å². The summed E-state index contributed by atoms with van der Waals surface area (Å²) in [6, 6.07) is 55.0. The molecule has 8 aromatic rings. The predicted octanol–water partition coefficient (Wildman–Crippen LogP) is 14.6. The van der Waals surface area contributed by atoms with E-state index in [1.165, 1.54) is 101 Å². The fraction of sp³-hybridized carbons (Fsp3) is 0.286. The number of benzene rings is 8. The maximum absolute atomic E-state index is 6.76. The van der Waals surface area contributed by atoms with Crippen molar-refractivity contribution in [3.8, 4) is 22.3 Å². The number of ether oxygens (including phenoxy) is 2. The molecule has 0 radical (unpaired) electrons. The molecule has 2 fully saturated rings. The number of hydrogen-bond donors (Lipinski definition) is 0. The molecule has 0 aromatic heterocycles. The molecule has 0 bridgehead atoms. The molecule has 2 aliphatic carbocycles. The predicted molar refractivity (Wildman–Crippen MR) is 249 cm³/mol. The molecule has 2 heterocycles. The maximum Gasteiger partial charge on any atom is 0.118 e. The van der Waals surface area contributed by atoms with Crippen LogP contribution >= 0.6 is 0 Å². The van der Waals surface area contributed by atoms with E-state index in [1.807, 2.05) is 14.2 Å². The topological polar surface area (TPSA) is 24.9 Å². The zero-order valence-corrected chi connectivity index (χ0v) is 35.2. The molecular formula is C56H52N2O2. The first-order valence-electron chi connectivity index (χ1n) is 22.2. The lowest BCUT2D eigenvalue weighted by molar-refractivity contribution is -0.0872. The lowest BCUT2D eigenvalue weighted by Crippen LogP contribution is -2.57. The van der Waals surface area contributed by atoms with Crippen LogP contribution in [0.5, 0.6) is 0 Å². The van der Waals surface area contributed by atoms with Crippen LogP contribution in [0, 0.1) is 0 Å². The first-order valence-corrected chi connectivity index (χ1v) is 22.2. The number of methoxy groups -OCH3 is 2. The zero-order valence-electron chi connectivity index (χ0n) is 35.2. The zero-order chi connectivity index (χ0) is 40.4. The van der Waals surface area contributed by atoms with Crippen molar-refractivity contribution in [1.29, 1.82) is 0 Å². The molecule has 0 N–H and O–H groups in total. The molecule has 4 nitrogen and oxygen atoms in total. The van der Waals surface area contributed by atoms with Crippen molar-refractivity contribution in [3.05, 3.63) is 157 Å². The molecule has 4 unspecified atom stereocenters. The summed E-state index contributed by atoms with van der Waals surface area (Å²) >= 11 is 0. The fourth-order valence-corrected chi connectivity index (χ4v) is 13.2. The van der Waals surface area contributed by atoms with Gasteiger partial charge in [0.1, 0.15) is 11.2 Å². The van der Waals surface area contributed by atoms with Crippen molar-refractivity contribution in [2.75, 3.05) is 24.0 Å². The summed E-state index contributed by atoms with van der Waals surface area (Å²) in [5.41, 5.74) is 11.5. The third kappa shape index (κ3) is 4.53. The van der Waals surface area contributed by atoms with Crippen LogP contribution in [0.1, 0.15) is 76.3 Å². The van der Waals surface area contributed by atoms with Gasteiger partial charge in [0.2, 0.25) is 0 Å². The second-order valence-electron chi connectivity index (χ2n) is 18.5. The first kappa shape index (κ1) is 36.2. The second-order valence-corrected chi connectivity index (χ2v) is 18.5. The molecule has 0 amide bonds. The number of rotatable bonds is 6. The first-order chi connectivity index (χ1) is 29.4. The average Bonchev–Trinajstić information content (AvgIpc) is 3.67. The van der Waals surface area contributed by atoms with Crippen LogP contribution in [-0.2, 0) is 20.7 Å². The van der Waals surface area contributed by atoms with E-state index in [-0.39, 0.29) is 11.1 Å². The number of para-hydroxylation sites is 2. The van der Waals surface area contributed by atoms with Crippen LogP contribution in [-0.4, -0.2) is 25.3 Å². The standard InChI is InChI=1S/C56H52N2O2/c1-53-31-11-13-33-55(53,59-3)47-35-39(23-29-49(47)57(53)41-15-7-5-8-16-41)43-25-19-37-22-28-46-44(26-20-38-21-27-45(43)51(37)52(38)46)40-24-30-50-48(36-40)56(60-4)34-14-12-32-54(56,2)58(50)42-17-9-6-10-18-42/h5-10,15-30,35-36H,11-14,31-34H2,1-4H3. The molecule has 2 aliphatic heterocycles. The van der Waals surface area contributed by atoms with Gasteiger partial charge in [0.15, 0.2) is 0 Å². The Hall–Kier alpha value is -5.68. The van der Waals surface area contributed by atoms with Gasteiger partial charge in [-0.25, -0.2) is 0 Å². The summed E-state index contributed by atoms with van der Waals surface area (Å²) in [7, 11) is 3.87. The molecule has 2 saturated carbocycles. The molecule has 60 heavy (non-hydrogen) atoms. The van der Waals surface area contributed by atoms with Crippen LogP contribution in [0.25, 0.3) is 54.6 Å². The van der Waals surface area contributed by atoms with E-state index in [4.69, 9.17) is 9.47 Å². The van der Waals surface area contributed by atoms with Crippen LogP contribution in [0.4, 0.5) is 22.7 Å². The van der Waals surface area contributed by atoms with Gasteiger partial charge in [0.25, 0.3) is 0 Å². The molecule has 8 aromatic carbocycles.